The highest BCUT2D eigenvalue weighted by Crippen LogP contribution is 2.31. The van der Waals surface area contributed by atoms with E-state index in [4.69, 9.17) is 0 Å². The molecule has 1 fully saturated rings. The van der Waals surface area contributed by atoms with E-state index in [-0.39, 0.29) is 11.6 Å². The number of hydrogen-bond acceptors (Lipinski definition) is 5. The molecular formula is C25H28N6O. The third kappa shape index (κ3) is 4.08. The number of aryl methyl sites for hydroxylation is 1. The van der Waals surface area contributed by atoms with Gasteiger partial charge in [0.05, 0.1) is 6.54 Å². The number of aromatic nitrogens is 5. The van der Waals surface area contributed by atoms with Gasteiger partial charge in [-0.3, -0.25) is 9.69 Å². The fraction of sp³-hybridized carbons (Fsp3) is 0.360. The number of piperidine rings is 1. The number of fused-ring (bicyclic) bond motifs is 1. The van der Waals surface area contributed by atoms with Crippen LogP contribution in [0.2, 0.25) is 0 Å². The van der Waals surface area contributed by atoms with Crippen LogP contribution in [0.3, 0.4) is 0 Å². The van der Waals surface area contributed by atoms with Crippen molar-refractivity contribution in [3.8, 4) is 0 Å². The molecule has 7 heteroatoms. The van der Waals surface area contributed by atoms with E-state index < -0.39 is 0 Å². The normalized spacial score (nSPS) is 18.1. The van der Waals surface area contributed by atoms with Crippen LogP contribution in [0.1, 0.15) is 48.3 Å². The molecule has 3 heterocycles. The first-order valence-corrected chi connectivity index (χ1v) is 11.3. The lowest BCUT2D eigenvalue weighted by atomic mass is 9.95. The number of aromatic amines is 1. The Morgan fingerprint density at radius 3 is 2.81 bits per heavy atom. The average molecular weight is 429 g/mol. The molecule has 0 aliphatic carbocycles. The summed E-state index contributed by atoms with van der Waals surface area (Å²) in [5.41, 5.74) is 3.71. The number of H-pyrrole nitrogens is 1. The molecule has 1 N–H and O–H groups in total. The quantitative estimate of drug-likeness (QED) is 0.524. The largest absolute Gasteiger partial charge is 0.322 e. The maximum absolute atomic E-state index is 13.3. The van der Waals surface area contributed by atoms with Crippen LogP contribution in [0.4, 0.5) is 0 Å². The van der Waals surface area contributed by atoms with Crippen molar-refractivity contribution < 1.29 is 0 Å². The molecule has 0 amide bonds. The van der Waals surface area contributed by atoms with Crippen LogP contribution in [0.15, 0.2) is 59.4 Å². The SMILES string of the molecule is Cc1ccc2cc([C@H](c3nnnn3Cc3ccccc3)N3CCC[C@H](C)C3)c(=O)[nH]c2c1. The monoisotopic (exact) mass is 428 g/mol. The highest BCUT2D eigenvalue weighted by atomic mass is 16.1. The van der Waals surface area contributed by atoms with Crippen molar-refractivity contribution in [3.05, 3.63) is 87.5 Å². The lowest BCUT2D eigenvalue weighted by molar-refractivity contribution is 0.141. The van der Waals surface area contributed by atoms with E-state index in [1.54, 1.807) is 0 Å². The molecule has 32 heavy (non-hydrogen) atoms. The van der Waals surface area contributed by atoms with Crippen LogP contribution < -0.4 is 5.56 Å². The summed E-state index contributed by atoms with van der Waals surface area (Å²) in [4.78, 5) is 18.8. The Balaban J connectivity index is 1.62. The number of tetrazole rings is 1. The second kappa shape index (κ2) is 8.67. The van der Waals surface area contributed by atoms with Gasteiger partial charge in [-0.1, -0.05) is 49.4 Å². The van der Waals surface area contributed by atoms with Crippen molar-refractivity contribution in [2.45, 2.75) is 39.3 Å². The van der Waals surface area contributed by atoms with Gasteiger partial charge in [-0.25, -0.2) is 4.68 Å². The summed E-state index contributed by atoms with van der Waals surface area (Å²) in [5.74, 6) is 1.27. The van der Waals surface area contributed by atoms with E-state index in [1.165, 1.54) is 6.42 Å². The fourth-order valence-electron chi connectivity index (χ4n) is 4.77. The lowest BCUT2D eigenvalue weighted by Gasteiger charge is -2.36. The Hall–Kier alpha value is -3.32. The zero-order chi connectivity index (χ0) is 22.1. The van der Waals surface area contributed by atoms with Crippen LogP contribution in [-0.4, -0.2) is 43.2 Å². The lowest BCUT2D eigenvalue weighted by Crippen LogP contribution is -2.41. The van der Waals surface area contributed by atoms with Crippen molar-refractivity contribution >= 4 is 10.9 Å². The Labute approximate surface area is 187 Å². The summed E-state index contributed by atoms with van der Waals surface area (Å²) in [6.07, 6.45) is 2.30. The molecule has 4 aromatic rings. The molecule has 1 aliphatic rings. The van der Waals surface area contributed by atoms with Gasteiger partial charge in [0.1, 0.15) is 6.04 Å². The van der Waals surface area contributed by atoms with Gasteiger partial charge >= 0.3 is 0 Å². The molecule has 2 atom stereocenters. The minimum Gasteiger partial charge on any atom is -0.322 e. The summed E-state index contributed by atoms with van der Waals surface area (Å²) < 4.78 is 1.83. The molecule has 0 bridgehead atoms. The van der Waals surface area contributed by atoms with Gasteiger partial charge in [0.25, 0.3) is 5.56 Å². The van der Waals surface area contributed by atoms with Gasteiger partial charge in [0.2, 0.25) is 0 Å². The van der Waals surface area contributed by atoms with Crippen molar-refractivity contribution in [1.29, 1.82) is 0 Å². The number of benzene rings is 2. The van der Waals surface area contributed by atoms with Gasteiger partial charge in [-0.05, 0) is 71.3 Å². The van der Waals surface area contributed by atoms with E-state index in [9.17, 15) is 4.79 Å². The van der Waals surface area contributed by atoms with E-state index >= 15 is 0 Å². The molecule has 2 aromatic carbocycles. The van der Waals surface area contributed by atoms with E-state index in [0.717, 1.165) is 41.5 Å². The second-order valence-corrected chi connectivity index (χ2v) is 8.97. The molecule has 2 aromatic heterocycles. The van der Waals surface area contributed by atoms with Crippen LogP contribution in [-0.2, 0) is 6.54 Å². The van der Waals surface area contributed by atoms with Gasteiger partial charge < -0.3 is 4.98 Å². The Morgan fingerprint density at radius 1 is 1.16 bits per heavy atom. The number of nitrogens with one attached hydrogen (secondary N) is 1. The van der Waals surface area contributed by atoms with Crippen LogP contribution in [0.5, 0.6) is 0 Å². The molecule has 0 radical (unpaired) electrons. The maximum Gasteiger partial charge on any atom is 0.253 e. The molecule has 0 saturated carbocycles. The topological polar surface area (TPSA) is 79.7 Å². The van der Waals surface area contributed by atoms with Crippen molar-refractivity contribution in [2.24, 2.45) is 5.92 Å². The van der Waals surface area contributed by atoms with Crippen molar-refractivity contribution in [3.63, 3.8) is 0 Å². The number of pyridine rings is 1. The van der Waals surface area contributed by atoms with Gasteiger partial charge in [-0.15, -0.1) is 5.10 Å². The maximum atomic E-state index is 13.3. The predicted molar refractivity (Wildman–Crippen MR) is 124 cm³/mol. The third-order valence-electron chi connectivity index (χ3n) is 6.36. The highest BCUT2D eigenvalue weighted by molar-refractivity contribution is 5.79. The third-order valence-corrected chi connectivity index (χ3v) is 6.36. The summed E-state index contributed by atoms with van der Waals surface area (Å²) >= 11 is 0. The standard InChI is InChI=1S/C25H28N6O/c1-17-10-11-20-14-21(25(32)26-22(20)13-17)23(30-12-6-7-18(2)15-30)24-27-28-29-31(24)16-19-8-4-3-5-9-19/h3-5,8-11,13-14,18,23H,6-7,12,15-16H2,1-2H3,(H,26,32)/t18-,23+/m0/s1. The molecule has 0 spiro atoms. The summed E-state index contributed by atoms with van der Waals surface area (Å²) in [7, 11) is 0. The first kappa shape index (κ1) is 20.6. The zero-order valence-corrected chi connectivity index (χ0v) is 18.5. The molecule has 5 rings (SSSR count). The molecular weight excluding hydrogens is 400 g/mol. The number of nitrogens with zero attached hydrogens (tertiary/aromatic N) is 5. The van der Waals surface area contributed by atoms with Crippen LogP contribution in [0.25, 0.3) is 10.9 Å². The van der Waals surface area contributed by atoms with Crippen molar-refractivity contribution in [2.75, 3.05) is 13.1 Å². The summed E-state index contributed by atoms with van der Waals surface area (Å²) in [5, 5.41) is 13.7. The molecule has 0 unspecified atom stereocenters. The molecule has 1 aliphatic heterocycles. The van der Waals surface area contributed by atoms with E-state index in [0.29, 0.717) is 23.9 Å². The number of rotatable bonds is 5. The number of likely N-dealkylation sites (tertiary alicyclic amines) is 1. The van der Waals surface area contributed by atoms with Gasteiger partial charge in [0.15, 0.2) is 5.82 Å². The van der Waals surface area contributed by atoms with Crippen LogP contribution in [0, 0.1) is 12.8 Å². The average Bonchev–Trinajstić information content (AvgIpc) is 3.23. The van der Waals surface area contributed by atoms with Gasteiger partial charge in [0, 0.05) is 17.6 Å². The molecule has 7 nitrogen and oxygen atoms in total. The minimum absolute atomic E-state index is 0.0828. The minimum atomic E-state index is -0.300. The Morgan fingerprint density at radius 2 is 2.00 bits per heavy atom. The van der Waals surface area contributed by atoms with E-state index in [2.05, 4.69) is 56.6 Å². The smallest absolute Gasteiger partial charge is 0.253 e. The first-order valence-electron chi connectivity index (χ1n) is 11.3. The Kier molecular flexibility index (Phi) is 5.57. The summed E-state index contributed by atoms with van der Waals surface area (Å²) in [6, 6.07) is 18.0. The van der Waals surface area contributed by atoms with E-state index in [1.807, 2.05) is 41.9 Å². The van der Waals surface area contributed by atoms with Crippen molar-refractivity contribution in [1.82, 2.24) is 30.1 Å². The number of hydrogen-bond donors (Lipinski definition) is 1. The molecule has 1 saturated heterocycles. The molecule has 164 valence electrons. The van der Waals surface area contributed by atoms with Gasteiger partial charge in [-0.2, -0.15) is 0 Å². The van der Waals surface area contributed by atoms with Crippen LogP contribution >= 0.6 is 0 Å². The zero-order valence-electron chi connectivity index (χ0n) is 18.5. The Bertz CT molecular complexity index is 1280. The fourth-order valence-corrected chi connectivity index (χ4v) is 4.77. The first-order chi connectivity index (χ1) is 15.6. The second-order valence-electron chi connectivity index (χ2n) is 8.97. The highest BCUT2D eigenvalue weighted by Gasteiger charge is 2.32. The summed E-state index contributed by atoms with van der Waals surface area (Å²) in [6.45, 7) is 6.69. The predicted octanol–water partition coefficient (Wildman–Crippen LogP) is 3.69.